The molecule has 176 valence electrons. The minimum absolute atomic E-state index is 0.0743. The number of hydrogen-bond donors (Lipinski definition) is 2. The van der Waals surface area contributed by atoms with Gasteiger partial charge in [-0.25, -0.2) is 14.6 Å². The summed E-state index contributed by atoms with van der Waals surface area (Å²) in [6.45, 7) is 0. The van der Waals surface area contributed by atoms with Gasteiger partial charge in [0, 0.05) is 11.6 Å². The molecular weight excluding hydrogens is 442 g/mol. The zero-order valence-corrected chi connectivity index (χ0v) is 19.1. The summed E-state index contributed by atoms with van der Waals surface area (Å²) in [5.74, 6) is 1.66. The number of carbonyl (C=O) groups excluding carboxylic acids is 1. The number of hydrogen-bond acceptors (Lipinski definition) is 7. The van der Waals surface area contributed by atoms with Crippen LogP contribution in [0.1, 0.15) is 38.1 Å². The Hall–Kier alpha value is -4.45. The largest absolute Gasteiger partial charge is 0.457 e. The Morgan fingerprint density at radius 2 is 1.77 bits per heavy atom. The number of anilines is 1. The number of carbonyl (C=O) groups is 1. The van der Waals surface area contributed by atoms with Crippen LogP contribution in [0, 0.1) is 11.3 Å². The minimum atomic E-state index is -0.219. The second-order valence-corrected chi connectivity index (χ2v) is 8.60. The number of nitriles is 1. The van der Waals surface area contributed by atoms with Crippen LogP contribution in [0.4, 0.5) is 5.82 Å². The molecule has 1 saturated carbocycles. The van der Waals surface area contributed by atoms with Crippen LogP contribution in [0.5, 0.6) is 11.5 Å². The van der Waals surface area contributed by atoms with Crippen molar-refractivity contribution >= 4 is 22.8 Å². The third kappa shape index (κ3) is 4.77. The fourth-order valence-electron chi connectivity index (χ4n) is 4.57. The number of aromatic nitrogens is 4. The standard InChI is InChI=1S/C26H25N7O2/c27-15-14-22(34)31-18-8-10-19(11-9-18)33-26-23(25(28)29-16-30-26)24(32-33)17-6-12-21(13-7-17)35-20-4-2-1-3-5-20/h1-7,12-13,16,18-19H,8-11,14H2,(H,31,34)(H2,28,29,30)/t18-,19+. The Morgan fingerprint density at radius 3 is 2.49 bits per heavy atom. The van der Waals surface area contributed by atoms with Crippen molar-refractivity contribution in [3.63, 3.8) is 0 Å². The molecule has 1 fully saturated rings. The van der Waals surface area contributed by atoms with Crippen LogP contribution in [-0.2, 0) is 4.79 Å². The number of amides is 1. The molecular formula is C26H25N7O2. The maximum absolute atomic E-state index is 11.8. The Labute approximate surface area is 202 Å². The van der Waals surface area contributed by atoms with E-state index in [-0.39, 0.29) is 24.4 Å². The molecule has 9 heteroatoms. The van der Waals surface area contributed by atoms with Gasteiger partial charge in [0.2, 0.25) is 5.91 Å². The lowest BCUT2D eigenvalue weighted by Crippen LogP contribution is -2.37. The predicted molar refractivity (Wildman–Crippen MR) is 131 cm³/mol. The highest BCUT2D eigenvalue weighted by Crippen LogP contribution is 2.36. The number of rotatable bonds is 6. The highest BCUT2D eigenvalue weighted by atomic mass is 16.5. The van der Waals surface area contributed by atoms with E-state index in [1.54, 1.807) is 0 Å². The van der Waals surface area contributed by atoms with E-state index in [1.165, 1.54) is 6.33 Å². The summed E-state index contributed by atoms with van der Waals surface area (Å²) in [7, 11) is 0. The zero-order chi connectivity index (χ0) is 24.2. The molecule has 0 spiro atoms. The van der Waals surface area contributed by atoms with Crippen LogP contribution in [0.15, 0.2) is 60.9 Å². The molecule has 1 aliphatic rings. The van der Waals surface area contributed by atoms with Gasteiger partial charge in [0.1, 0.15) is 35.8 Å². The van der Waals surface area contributed by atoms with Crippen molar-refractivity contribution in [1.82, 2.24) is 25.1 Å². The topological polar surface area (TPSA) is 132 Å². The molecule has 1 aliphatic carbocycles. The fraction of sp³-hybridized carbons (Fsp3) is 0.269. The Balaban J connectivity index is 1.39. The summed E-state index contributed by atoms with van der Waals surface area (Å²) in [6.07, 6.45) is 4.64. The lowest BCUT2D eigenvalue weighted by Gasteiger charge is -2.29. The maximum atomic E-state index is 11.8. The van der Waals surface area contributed by atoms with Gasteiger partial charge in [-0.3, -0.25) is 4.79 Å². The van der Waals surface area contributed by atoms with E-state index in [0.29, 0.717) is 11.5 Å². The maximum Gasteiger partial charge on any atom is 0.234 e. The summed E-state index contributed by atoms with van der Waals surface area (Å²) in [5.41, 5.74) is 8.60. The van der Waals surface area contributed by atoms with Gasteiger partial charge < -0.3 is 15.8 Å². The Bertz CT molecular complexity index is 1370. The smallest absolute Gasteiger partial charge is 0.234 e. The first-order valence-electron chi connectivity index (χ1n) is 11.6. The Morgan fingerprint density at radius 1 is 1.06 bits per heavy atom. The van der Waals surface area contributed by atoms with E-state index >= 15 is 0 Å². The molecule has 5 rings (SSSR count). The fourth-order valence-corrected chi connectivity index (χ4v) is 4.57. The number of nitrogens with zero attached hydrogens (tertiary/aromatic N) is 5. The van der Waals surface area contributed by atoms with Crippen LogP contribution < -0.4 is 15.8 Å². The molecule has 2 heterocycles. The first kappa shape index (κ1) is 22.3. The number of nitrogens with two attached hydrogens (primary N) is 1. The van der Waals surface area contributed by atoms with Crippen molar-refractivity contribution in [1.29, 1.82) is 5.26 Å². The number of para-hydroxylation sites is 1. The van der Waals surface area contributed by atoms with Gasteiger partial charge in [0.25, 0.3) is 0 Å². The summed E-state index contributed by atoms with van der Waals surface area (Å²) in [6, 6.07) is 19.4. The monoisotopic (exact) mass is 467 g/mol. The molecule has 0 unspecified atom stereocenters. The van der Waals surface area contributed by atoms with E-state index < -0.39 is 0 Å². The van der Waals surface area contributed by atoms with Crippen molar-refractivity contribution in [2.75, 3.05) is 5.73 Å². The first-order valence-corrected chi connectivity index (χ1v) is 11.6. The number of nitrogens with one attached hydrogen (secondary N) is 1. The van der Waals surface area contributed by atoms with Crippen molar-refractivity contribution < 1.29 is 9.53 Å². The van der Waals surface area contributed by atoms with E-state index in [1.807, 2.05) is 65.3 Å². The third-order valence-corrected chi connectivity index (χ3v) is 6.27. The minimum Gasteiger partial charge on any atom is -0.457 e. The average molecular weight is 468 g/mol. The number of nitrogen functional groups attached to an aromatic ring is 1. The van der Waals surface area contributed by atoms with Gasteiger partial charge >= 0.3 is 0 Å². The van der Waals surface area contributed by atoms with Crippen LogP contribution in [0.3, 0.4) is 0 Å². The quantitative estimate of drug-likeness (QED) is 0.430. The average Bonchev–Trinajstić information content (AvgIpc) is 3.27. The SMILES string of the molecule is N#CCC(=O)N[C@H]1CC[C@@H](n2nc(-c3ccc(Oc4ccccc4)cc3)c3c(N)ncnc32)CC1. The summed E-state index contributed by atoms with van der Waals surface area (Å²) in [4.78, 5) is 20.5. The molecule has 2 aromatic carbocycles. The number of fused-ring (bicyclic) bond motifs is 1. The molecule has 4 aromatic rings. The molecule has 35 heavy (non-hydrogen) atoms. The van der Waals surface area contributed by atoms with Gasteiger partial charge in [-0.1, -0.05) is 18.2 Å². The van der Waals surface area contributed by atoms with E-state index in [4.69, 9.17) is 20.8 Å². The lowest BCUT2D eigenvalue weighted by molar-refractivity contribution is -0.121. The molecule has 0 bridgehead atoms. The van der Waals surface area contributed by atoms with Gasteiger partial charge in [-0.15, -0.1) is 0 Å². The molecule has 2 aromatic heterocycles. The lowest BCUT2D eigenvalue weighted by atomic mass is 9.91. The molecule has 1 amide bonds. The summed E-state index contributed by atoms with van der Waals surface area (Å²) in [5, 5.41) is 17.3. The second kappa shape index (κ2) is 9.81. The zero-order valence-electron chi connectivity index (χ0n) is 19.1. The second-order valence-electron chi connectivity index (χ2n) is 8.60. The van der Waals surface area contributed by atoms with E-state index in [9.17, 15) is 4.79 Å². The highest BCUT2D eigenvalue weighted by molar-refractivity contribution is 5.98. The molecule has 9 nitrogen and oxygen atoms in total. The van der Waals surface area contributed by atoms with Gasteiger partial charge in [-0.2, -0.15) is 10.4 Å². The van der Waals surface area contributed by atoms with E-state index in [2.05, 4.69) is 15.3 Å². The number of benzene rings is 2. The van der Waals surface area contributed by atoms with Crippen LogP contribution >= 0.6 is 0 Å². The van der Waals surface area contributed by atoms with Crippen molar-refractivity contribution in [2.45, 2.75) is 44.2 Å². The van der Waals surface area contributed by atoms with Crippen LogP contribution in [0.25, 0.3) is 22.3 Å². The molecule has 3 N–H and O–H groups in total. The normalized spacial score (nSPS) is 17.6. The van der Waals surface area contributed by atoms with Crippen molar-refractivity contribution in [3.05, 3.63) is 60.9 Å². The van der Waals surface area contributed by atoms with E-state index in [0.717, 1.165) is 53.8 Å². The first-order chi connectivity index (χ1) is 17.1. The number of ether oxygens (including phenoxy) is 1. The van der Waals surface area contributed by atoms with Crippen LogP contribution in [0.2, 0.25) is 0 Å². The van der Waals surface area contributed by atoms with Gasteiger partial charge in [0.15, 0.2) is 5.65 Å². The van der Waals surface area contributed by atoms with Crippen molar-refractivity contribution in [2.24, 2.45) is 0 Å². The molecule has 0 atom stereocenters. The molecule has 0 radical (unpaired) electrons. The molecule has 0 aliphatic heterocycles. The van der Waals surface area contributed by atoms with Gasteiger partial charge in [0.05, 0.1) is 17.5 Å². The van der Waals surface area contributed by atoms with Crippen molar-refractivity contribution in [3.8, 4) is 28.8 Å². The summed E-state index contributed by atoms with van der Waals surface area (Å²) < 4.78 is 7.86. The highest BCUT2D eigenvalue weighted by Gasteiger charge is 2.27. The van der Waals surface area contributed by atoms with Crippen LogP contribution in [-0.4, -0.2) is 31.7 Å². The Kier molecular flexibility index (Phi) is 6.26. The third-order valence-electron chi connectivity index (χ3n) is 6.27. The molecule has 0 saturated heterocycles. The predicted octanol–water partition coefficient (Wildman–Crippen LogP) is 4.38. The summed E-state index contributed by atoms with van der Waals surface area (Å²) >= 11 is 0. The van der Waals surface area contributed by atoms with Gasteiger partial charge in [-0.05, 0) is 62.1 Å².